The summed E-state index contributed by atoms with van der Waals surface area (Å²) >= 11 is 0. The number of alkyl halides is 1. The Balaban J connectivity index is 2.21. The lowest BCUT2D eigenvalue weighted by Gasteiger charge is -2.29. The summed E-state index contributed by atoms with van der Waals surface area (Å²) in [6.07, 6.45) is 2.21. The first-order valence-electron chi connectivity index (χ1n) is 4.72. The van der Waals surface area contributed by atoms with E-state index in [0.717, 1.165) is 25.8 Å². The summed E-state index contributed by atoms with van der Waals surface area (Å²) in [5, 5.41) is 0. The van der Waals surface area contributed by atoms with E-state index in [1.807, 2.05) is 0 Å². The fraction of sp³-hybridized carbons (Fsp3) is 0.800. The second kappa shape index (κ2) is 2.56. The van der Waals surface area contributed by atoms with Crippen molar-refractivity contribution < 1.29 is 4.39 Å². The van der Waals surface area contributed by atoms with Crippen LogP contribution in [0.2, 0.25) is 0 Å². The van der Waals surface area contributed by atoms with E-state index in [9.17, 15) is 4.39 Å². The molecule has 0 radical (unpaired) electrons. The minimum Gasteiger partial charge on any atom is -0.290 e. The number of halogens is 1. The highest BCUT2D eigenvalue weighted by molar-refractivity contribution is 5.18. The molecule has 12 heavy (non-hydrogen) atoms. The van der Waals surface area contributed by atoms with Crippen molar-refractivity contribution in [1.29, 1.82) is 0 Å². The summed E-state index contributed by atoms with van der Waals surface area (Å²) in [7, 11) is 0. The number of fused-ring (bicyclic) bond motifs is 1. The van der Waals surface area contributed by atoms with Gasteiger partial charge in [0.25, 0.3) is 0 Å². The van der Waals surface area contributed by atoms with E-state index in [0.29, 0.717) is 6.54 Å². The summed E-state index contributed by atoms with van der Waals surface area (Å²) in [5.41, 5.74) is 1.43. The van der Waals surface area contributed by atoms with Crippen LogP contribution in [0.1, 0.15) is 26.2 Å². The van der Waals surface area contributed by atoms with Crippen molar-refractivity contribution in [3.05, 3.63) is 12.2 Å². The molecule has 0 saturated carbocycles. The highest BCUT2D eigenvalue weighted by atomic mass is 19.1. The maximum Gasteiger partial charge on any atom is 0.115 e. The number of rotatable bonds is 1. The molecular formula is C10H16FN. The first-order valence-corrected chi connectivity index (χ1v) is 4.72. The molecule has 1 nitrogen and oxygen atoms in total. The van der Waals surface area contributed by atoms with Crippen molar-refractivity contribution in [1.82, 2.24) is 4.90 Å². The Morgan fingerprint density at radius 2 is 2.50 bits per heavy atom. The van der Waals surface area contributed by atoms with Gasteiger partial charge in [-0.05, 0) is 19.3 Å². The van der Waals surface area contributed by atoms with Gasteiger partial charge in [0.1, 0.15) is 6.17 Å². The Morgan fingerprint density at radius 1 is 1.75 bits per heavy atom. The standard InChI is InChI=1S/C10H16FN/c1-3-10-4-8(2)6-12(10)7-9(11)5-10/h9H,2-7H2,1H3/t9-,10+/m0/s1. The summed E-state index contributed by atoms with van der Waals surface area (Å²) in [6, 6.07) is 0. The van der Waals surface area contributed by atoms with Crippen molar-refractivity contribution in [3.8, 4) is 0 Å². The lowest BCUT2D eigenvalue weighted by molar-refractivity contribution is 0.189. The zero-order valence-electron chi connectivity index (χ0n) is 7.65. The van der Waals surface area contributed by atoms with Crippen molar-refractivity contribution >= 4 is 0 Å². The summed E-state index contributed by atoms with van der Waals surface area (Å²) in [4.78, 5) is 2.28. The summed E-state index contributed by atoms with van der Waals surface area (Å²) in [5.74, 6) is 0. The zero-order valence-corrected chi connectivity index (χ0v) is 7.65. The fourth-order valence-electron chi connectivity index (χ4n) is 2.74. The largest absolute Gasteiger partial charge is 0.290 e. The normalized spacial score (nSPS) is 42.2. The lowest BCUT2D eigenvalue weighted by Crippen LogP contribution is -2.37. The topological polar surface area (TPSA) is 3.24 Å². The minimum atomic E-state index is -0.599. The smallest absolute Gasteiger partial charge is 0.115 e. The molecule has 0 aliphatic carbocycles. The van der Waals surface area contributed by atoms with Gasteiger partial charge in [-0.25, -0.2) is 4.39 Å². The van der Waals surface area contributed by atoms with Crippen LogP contribution in [-0.2, 0) is 0 Å². The third kappa shape index (κ3) is 1.01. The van der Waals surface area contributed by atoms with Gasteiger partial charge in [0.15, 0.2) is 0 Å². The molecule has 2 fully saturated rings. The highest BCUT2D eigenvalue weighted by Gasteiger charge is 2.48. The van der Waals surface area contributed by atoms with E-state index < -0.39 is 6.17 Å². The number of nitrogens with zero attached hydrogens (tertiary/aromatic N) is 1. The molecule has 2 heterocycles. The molecule has 2 atom stereocenters. The van der Waals surface area contributed by atoms with Crippen LogP contribution in [0.25, 0.3) is 0 Å². The molecule has 2 saturated heterocycles. The molecular weight excluding hydrogens is 153 g/mol. The molecule has 0 spiro atoms. The molecule has 0 aromatic rings. The van der Waals surface area contributed by atoms with Crippen molar-refractivity contribution in [2.45, 2.75) is 37.9 Å². The SMILES string of the molecule is C=C1CN2C[C@@H](F)C[C@@]2(CC)C1. The van der Waals surface area contributed by atoms with Gasteiger partial charge in [-0.1, -0.05) is 19.1 Å². The Kier molecular flexibility index (Phi) is 1.76. The monoisotopic (exact) mass is 169 g/mol. The maximum absolute atomic E-state index is 13.1. The van der Waals surface area contributed by atoms with Gasteiger partial charge >= 0.3 is 0 Å². The summed E-state index contributed by atoms with van der Waals surface area (Å²) in [6.45, 7) is 7.70. The second-order valence-corrected chi connectivity index (χ2v) is 4.19. The van der Waals surface area contributed by atoms with Crippen LogP contribution in [0.5, 0.6) is 0 Å². The van der Waals surface area contributed by atoms with Gasteiger partial charge in [-0.3, -0.25) is 4.90 Å². The molecule has 0 N–H and O–H groups in total. The van der Waals surface area contributed by atoms with Crippen LogP contribution >= 0.6 is 0 Å². The van der Waals surface area contributed by atoms with E-state index >= 15 is 0 Å². The van der Waals surface area contributed by atoms with Gasteiger partial charge in [0.05, 0.1) is 0 Å². The van der Waals surface area contributed by atoms with Crippen LogP contribution in [-0.4, -0.2) is 29.7 Å². The third-order valence-electron chi connectivity index (χ3n) is 3.34. The van der Waals surface area contributed by atoms with Crippen LogP contribution in [0, 0.1) is 0 Å². The van der Waals surface area contributed by atoms with Gasteiger partial charge in [0.2, 0.25) is 0 Å². The Hall–Kier alpha value is -0.370. The molecule has 0 bridgehead atoms. The average molecular weight is 169 g/mol. The van der Waals surface area contributed by atoms with Gasteiger partial charge in [-0.15, -0.1) is 0 Å². The second-order valence-electron chi connectivity index (χ2n) is 4.19. The average Bonchev–Trinajstić information content (AvgIpc) is 2.40. The van der Waals surface area contributed by atoms with Crippen molar-refractivity contribution in [3.63, 3.8) is 0 Å². The molecule has 2 rings (SSSR count). The van der Waals surface area contributed by atoms with Gasteiger partial charge in [-0.2, -0.15) is 0 Å². The maximum atomic E-state index is 13.1. The number of hydrogen-bond donors (Lipinski definition) is 0. The van der Waals surface area contributed by atoms with Gasteiger partial charge < -0.3 is 0 Å². The molecule has 0 aromatic carbocycles. The van der Waals surface area contributed by atoms with E-state index in [4.69, 9.17) is 0 Å². The van der Waals surface area contributed by atoms with Crippen LogP contribution < -0.4 is 0 Å². The predicted octanol–water partition coefficient (Wildman–Crippen LogP) is 2.14. The van der Waals surface area contributed by atoms with Crippen molar-refractivity contribution in [2.75, 3.05) is 13.1 Å². The molecule has 0 unspecified atom stereocenters. The van der Waals surface area contributed by atoms with E-state index in [2.05, 4.69) is 18.4 Å². The minimum absolute atomic E-state index is 0.149. The quantitative estimate of drug-likeness (QED) is 0.543. The fourth-order valence-corrected chi connectivity index (χ4v) is 2.74. The van der Waals surface area contributed by atoms with Crippen LogP contribution in [0.15, 0.2) is 12.2 Å². The molecule has 68 valence electrons. The van der Waals surface area contributed by atoms with E-state index in [-0.39, 0.29) is 5.54 Å². The Bertz CT molecular complexity index is 214. The van der Waals surface area contributed by atoms with Gasteiger partial charge in [0, 0.05) is 18.6 Å². The Labute approximate surface area is 73.2 Å². The lowest BCUT2D eigenvalue weighted by atomic mass is 9.90. The summed E-state index contributed by atoms with van der Waals surface area (Å²) < 4.78 is 13.1. The first-order chi connectivity index (χ1) is 5.66. The third-order valence-corrected chi connectivity index (χ3v) is 3.34. The predicted molar refractivity (Wildman–Crippen MR) is 47.9 cm³/mol. The molecule has 0 amide bonds. The first kappa shape index (κ1) is 8.24. The van der Waals surface area contributed by atoms with Crippen LogP contribution in [0.4, 0.5) is 4.39 Å². The highest BCUT2D eigenvalue weighted by Crippen LogP contribution is 2.43. The number of hydrogen-bond acceptors (Lipinski definition) is 1. The molecule has 2 aliphatic heterocycles. The molecule has 2 aliphatic rings. The van der Waals surface area contributed by atoms with Crippen molar-refractivity contribution in [2.24, 2.45) is 0 Å². The van der Waals surface area contributed by atoms with E-state index in [1.165, 1.54) is 5.57 Å². The molecule has 0 aromatic heterocycles. The molecule has 2 heteroatoms. The van der Waals surface area contributed by atoms with Crippen LogP contribution in [0.3, 0.4) is 0 Å². The zero-order chi connectivity index (χ0) is 8.77. The Morgan fingerprint density at radius 3 is 3.08 bits per heavy atom. The van der Waals surface area contributed by atoms with E-state index in [1.54, 1.807) is 0 Å².